The fourth-order valence-electron chi connectivity index (χ4n) is 6.72. The molecule has 270 valence electrons. The van der Waals surface area contributed by atoms with Gasteiger partial charge in [0.25, 0.3) is 0 Å². The fourth-order valence-corrected chi connectivity index (χ4v) is 6.72. The number of nitrogens with one attached hydrogen (secondary N) is 2. The number of carboxylic acids is 1. The molecule has 3 aromatic carbocycles. The highest BCUT2D eigenvalue weighted by atomic mass is 19.2. The van der Waals surface area contributed by atoms with E-state index in [1.54, 1.807) is 59.3 Å². The van der Waals surface area contributed by atoms with Crippen molar-refractivity contribution in [3.8, 4) is 5.75 Å². The number of ketones is 2. The van der Waals surface area contributed by atoms with E-state index < -0.39 is 89.7 Å². The molecule has 11 nitrogen and oxygen atoms in total. The lowest BCUT2D eigenvalue weighted by molar-refractivity contribution is -0.141. The molecule has 4 atom stereocenters. The monoisotopic (exact) mass is 720 g/mol. The number of carboxylic acid groups (broad SMARTS) is 1. The number of rotatable bonds is 11. The number of benzene rings is 3. The second-order valence-electron chi connectivity index (χ2n) is 12.5. The summed E-state index contributed by atoms with van der Waals surface area (Å²) in [7, 11) is 0. The number of hydrogen-bond donors (Lipinski definition) is 3. The molecular formula is C37H32F4N4O7. The summed E-state index contributed by atoms with van der Waals surface area (Å²) in [5, 5.41) is 14.8. The minimum absolute atomic E-state index is 0.0201. The summed E-state index contributed by atoms with van der Waals surface area (Å²) in [4.78, 5) is 67.6. The smallest absolute Gasteiger partial charge is 0.326 e. The van der Waals surface area contributed by atoms with Gasteiger partial charge in [-0.15, -0.1) is 0 Å². The van der Waals surface area contributed by atoms with Crippen LogP contribution in [0.25, 0.3) is 0 Å². The first-order chi connectivity index (χ1) is 24.9. The number of aryl methyl sites for hydroxylation is 1. The van der Waals surface area contributed by atoms with Gasteiger partial charge in [0.1, 0.15) is 18.4 Å². The van der Waals surface area contributed by atoms with E-state index in [-0.39, 0.29) is 24.8 Å². The second-order valence-corrected chi connectivity index (χ2v) is 12.5. The van der Waals surface area contributed by atoms with E-state index in [0.29, 0.717) is 29.9 Å². The molecule has 3 amide bonds. The Morgan fingerprint density at radius 1 is 0.923 bits per heavy atom. The maximum Gasteiger partial charge on any atom is 0.326 e. The molecule has 1 aliphatic carbocycles. The number of ether oxygens (including phenoxy) is 1. The minimum atomic E-state index is -1.90. The molecule has 1 aliphatic heterocycles. The third kappa shape index (κ3) is 7.38. The highest BCUT2D eigenvalue weighted by Crippen LogP contribution is 2.38. The summed E-state index contributed by atoms with van der Waals surface area (Å²) in [6.45, 7) is -1.26. The molecule has 3 N–H and O–H groups in total. The topological polar surface area (TPSA) is 147 Å². The molecule has 2 aliphatic rings. The standard InChI is InChI=1S/C37H32F4N4O7/c38-24-16-25(39)33(41)35(32(24)40)52-19-29(47)27(17-30(48)49)42-36(50)21-15-28(46)31-26(12-11-20-13-14-44(18-21)34(20)31)43-37(51)45(22-7-3-1-4-8-22)23-9-5-2-6-10-23/h1-10,13-14,16,21,26-27,31H,11-12,15,17-19H2,(H,42,50)(H,43,51)(H,48,49). The van der Waals surface area contributed by atoms with Crippen LogP contribution in [-0.4, -0.2) is 57.8 Å². The van der Waals surface area contributed by atoms with Crippen LogP contribution in [0.5, 0.6) is 5.75 Å². The van der Waals surface area contributed by atoms with Crippen molar-refractivity contribution in [2.24, 2.45) is 5.92 Å². The van der Waals surface area contributed by atoms with E-state index in [1.807, 2.05) is 18.2 Å². The van der Waals surface area contributed by atoms with Gasteiger partial charge in [-0.05, 0) is 48.7 Å². The van der Waals surface area contributed by atoms with Gasteiger partial charge in [-0.25, -0.2) is 13.6 Å². The average Bonchev–Trinajstić information content (AvgIpc) is 3.45. The molecule has 52 heavy (non-hydrogen) atoms. The summed E-state index contributed by atoms with van der Waals surface area (Å²) < 4.78 is 61.8. The van der Waals surface area contributed by atoms with Gasteiger partial charge in [-0.3, -0.25) is 24.1 Å². The Bertz CT molecular complexity index is 1960. The Kier molecular flexibility index (Phi) is 10.4. The van der Waals surface area contributed by atoms with Gasteiger partial charge < -0.3 is 25.0 Å². The molecule has 4 aromatic rings. The molecule has 6 rings (SSSR count). The first kappa shape index (κ1) is 35.8. The van der Waals surface area contributed by atoms with Crippen LogP contribution in [0.4, 0.5) is 33.7 Å². The first-order valence-corrected chi connectivity index (χ1v) is 16.3. The van der Waals surface area contributed by atoms with Crippen molar-refractivity contribution in [2.75, 3.05) is 11.5 Å². The van der Waals surface area contributed by atoms with E-state index in [0.717, 1.165) is 5.56 Å². The highest BCUT2D eigenvalue weighted by Gasteiger charge is 2.43. The molecule has 15 heteroatoms. The quantitative estimate of drug-likeness (QED) is 0.143. The van der Waals surface area contributed by atoms with E-state index in [1.165, 1.54) is 4.90 Å². The molecule has 0 bridgehead atoms. The summed E-state index contributed by atoms with van der Waals surface area (Å²) >= 11 is 0. The number of hydrogen-bond acceptors (Lipinski definition) is 6. The third-order valence-electron chi connectivity index (χ3n) is 9.15. The number of nitrogens with zero attached hydrogens (tertiary/aromatic N) is 2. The zero-order chi connectivity index (χ0) is 37.1. The van der Waals surface area contributed by atoms with Crippen molar-refractivity contribution < 1.29 is 51.4 Å². The maximum atomic E-state index is 14.1. The highest BCUT2D eigenvalue weighted by molar-refractivity contribution is 6.00. The minimum Gasteiger partial charge on any atom is -0.481 e. The number of anilines is 2. The van der Waals surface area contributed by atoms with Gasteiger partial charge in [-0.2, -0.15) is 8.78 Å². The van der Waals surface area contributed by atoms with Crippen LogP contribution in [0, 0.1) is 29.2 Å². The lowest BCUT2D eigenvalue weighted by Crippen LogP contribution is -2.49. The Morgan fingerprint density at radius 2 is 1.54 bits per heavy atom. The molecule has 0 saturated heterocycles. The zero-order valence-corrected chi connectivity index (χ0v) is 27.4. The molecule has 0 radical (unpaired) electrons. The van der Waals surface area contributed by atoms with Crippen molar-refractivity contribution in [3.63, 3.8) is 0 Å². The number of Topliss-reactive ketones (excluding diaryl/α,β-unsaturated/α-hetero) is 2. The van der Waals surface area contributed by atoms with Crippen LogP contribution in [-0.2, 0) is 32.1 Å². The van der Waals surface area contributed by atoms with Gasteiger partial charge in [0.15, 0.2) is 23.2 Å². The lowest BCUT2D eigenvalue weighted by atomic mass is 9.79. The van der Waals surface area contributed by atoms with Crippen LogP contribution in [0.3, 0.4) is 0 Å². The number of aromatic nitrogens is 1. The molecule has 0 saturated carbocycles. The van der Waals surface area contributed by atoms with Gasteiger partial charge >= 0.3 is 12.0 Å². The lowest BCUT2D eigenvalue weighted by Gasteiger charge is -2.34. The number of para-hydroxylation sites is 2. The normalized spacial score (nSPS) is 18.4. The molecule has 2 heterocycles. The largest absolute Gasteiger partial charge is 0.481 e. The molecule has 4 unspecified atom stereocenters. The van der Waals surface area contributed by atoms with Gasteiger partial charge in [0.05, 0.1) is 29.6 Å². The Hall–Kier alpha value is -5.99. The van der Waals surface area contributed by atoms with Crippen molar-refractivity contribution in [2.45, 2.75) is 50.2 Å². The van der Waals surface area contributed by atoms with Crippen LogP contribution in [0.2, 0.25) is 0 Å². The predicted molar refractivity (Wildman–Crippen MR) is 177 cm³/mol. The van der Waals surface area contributed by atoms with Crippen LogP contribution in [0.15, 0.2) is 79.0 Å². The molecule has 1 aromatic heterocycles. The van der Waals surface area contributed by atoms with Crippen molar-refractivity contribution in [3.05, 3.63) is 114 Å². The van der Waals surface area contributed by atoms with Crippen LogP contribution < -0.4 is 20.3 Å². The number of urea groups is 1. The number of halogens is 4. The Morgan fingerprint density at radius 3 is 2.13 bits per heavy atom. The number of aliphatic carboxylic acids is 1. The number of carbonyl (C=O) groups is 5. The SMILES string of the molecule is O=C(O)CC(NC(=O)C1CC(=O)C2c3c(ccn3C1)CCC2NC(=O)N(c1ccccc1)c1ccccc1)C(=O)COc1c(F)c(F)cc(F)c1F. The second kappa shape index (κ2) is 15.1. The summed E-state index contributed by atoms with van der Waals surface area (Å²) in [5.41, 5.74) is 2.71. The van der Waals surface area contributed by atoms with Crippen molar-refractivity contribution in [1.29, 1.82) is 0 Å². The van der Waals surface area contributed by atoms with E-state index in [9.17, 15) is 46.6 Å². The zero-order valence-electron chi connectivity index (χ0n) is 27.4. The van der Waals surface area contributed by atoms with Gasteiger partial charge in [0.2, 0.25) is 17.5 Å². The number of amides is 3. The van der Waals surface area contributed by atoms with Crippen LogP contribution >= 0.6 is 0 Å². The van der Waals surface area contributed by atoms with E-state index in [2.05, 4.69) is 10.6 Å². The Labute approximate surface area is 294 Å². The summed E-state index contributed by atoms with van der Waals surface area (Å²) in [5.74, 6) is -14.7. The molecule has 0 fully saturated rings. The fraction of sp³-hybridized carbons (Fsp3) is 0.270. The third-order valence-corrected chi connectivity index (χ3v) is 9.15. The number of carbonyl (C=O) groups excluding carboxylic acids is 4. The Balaban J connectivity index is 1.19. The summed E-state index contributed by atoms with van der Waals surface area (Å²) in [6, 6.07) is 16.8. The molecular weight excluding hydrogens is 688 g/mol. The van der Waals surface area contributed by atoms with Gasteiger partial charge in [0, 0.05) is 37.0 Å². The first-order valence-electron chi connectivity index (χ1n) is 16.3. The van der Waals surface area contributed by atoms with E-state index >= 15 is 0 Å². The average molecular weight is 721 g/mol. The van der Waals surface area contributed by atoms with Crippen LogP contribution in [0.1, 0.15) is 36.4 Å². The maximum absolute atomic E-state index is 14.1. The van der Waals surface area contributed by atoms with Crippen molar-refractivity contribution in [1.82, 2.24) is 15.2 Å². The molecule has 0 spiro atoms. The summed E-state index contributed by atoms with van der Waals surface area (Å²) in [6.07, 6.45) is 1.39. The van der Waals surface area contributed by atoms with E-state index in [4.69, 9.17) is 4.74 Å². The predicted octanol–water partition coefficient (Wildman–Crippen LogP) is 5.19. The van der Waals surface area contributed by atoms with Gasteiger partial charge in [-0.1, -0.05) is 36.4 Å². The van der Waals surface area contributed by atoms with Crippen molar-refractivity contribution >= 4 is 40.8 Å².